The van der Waals surface area contributed by atoms with E-state index in [9.17, 15) is 9.50 Å². The Labute approximate surface area is 134 Å². The van der Waals surface area contributed by atoms with Crippen LogP contribution in [0.25, 0.3) is 0 Å². The van der Waals surface area contributed by atoms with Gasteiger partial charge >= 0.3 is 0 Å². The lowest BCUT2D eigenvalue weighted by molar-refractivity contribution is 0.234. The van der Waals surface area contributed by atoms with E-state index in [0.717, 1.165) is 11.3 Å². The Morgan fingerprint density at radius 3 is 2.64 bits per heavy atom. The van der Waals surface area contributed by atoms with Crippen molar-refractivity contribution in [2.75, 3.05) is 13.7 Å². The second-order valence-corrected chi connectivity index (χ2v) is 5.45. The number of aliphatic hydroxyl groups excluding tert-OH is 1. The average Bonchev–Trinajstić information content (AvgIpc) is 2.55. The van der Waals surface area contributed by atoms with Gasteiger partial charge in [-0.25, -0.2) is 4.39 Å². The summed E-state index contributed by atoms with van der Waals surface area (Å²) in [5.41, 5.74) is 1.61. The molecule has 2 rings (SSSR count). The van der Waals surface area contributed by atoms with Crippen molar-refractivity contribution >= 4 is 11.6 Å². The largest absolute Gasteiger partial charge is 0.496 e. The molecule has 22 heavy (non-hydrogen) atoms. The number of benzene rings is 2. The van der Waals surface area contributed by atoms with Crippen molar-refractivity contribution in [2.24, 2.45) is 0 Å². The van der Waals surface area contributed by atoms with Crippen molar-refractivity contribution in [2.45, 2.75) is 19.0 Å². The van der Waals surface area contributed by atoms with Crippen LogP contribution in [-0.4, -0.2) is 18.8 Å². The molecule has 0 heterocycles. The molecule has 0 amide bonds. The first-order valence-electron chi connectivity index (χ1n) is 7.01. The average molecular weight is 324 g/mol. The molecular formula is C17H19ClFNO2. The van der Waals surface area contributed by atoms with Gasteiger partial charge in [0.2, 0.25) is 0 Å². The summed E-state index contributed by atoms with van der Waals surface area (Å²) in [5, 5.41) is 13.0. The molecule has 3 nitrogen and oxygen atoms in total. The Morgan fingerprint density at radius 1 is 1.27 bits per heavy atom. The van der Waals surface area contributed by atoms with Crippen LogP contribution in [0, 0.1) is 5.82 Å². The lowest BCUT2D eigenvalue weighted by Crippen LogP contribution is -2.27. The molecular weight excluding hydrogens is 305 g/mol. The second kappa shape index (κ2) is 7.58. The van der Waals surface area contributed by atoms with E-state index in [1.165, 1.54) is 12.1 Å². The van der Waals surface area contributed by atoms with Gasteiger partial charge in [-0.3, -0.25) is 0 Å². The standard InChI is InChI=1S/C17H19ClFNO2/c1-11(13-5-3-4-6-17(13)22-2)20-16(10-21)12-7-8-14(18)15(19)9-12/h3-9,11,16,20-21H,10H2,1-2H3. The minimum atomic E-state index is -0.496. The van der Waals surface area contributed by atoms with Gasteiger partial charge in [0.25, 0.3) is 0 Å². The summed E-state index contributed by atoms with van der Waals surface area (Å²) in [7, 11) is 1.61. The highest BCUT2D eigenvalue weighted by Gasteiger charge is 2.18. The van der Waals surface area contributed by atoms with E-state index in [1.54, 1.807) is 13.2 Å². The minimum Gasteiger partial charge on any atom is -0.496 e. The van der Waals surface area contributed by atoms with Gasteiger partial charge < -0.3 is 15.2 Å². The van der Waals surface area contributed by atoms with Crippen molar-refractivity contribution in [3.8, 4) is 5.75 Å². The van der Waals surface area contributed by atoms with Crippen LogP contribution in [0.15, 0.2) is 42.5 Å². The molecule has 118 valence electrons. The van der Waals surface area contributed by atoms with E-state index in [1.807, 2.05) is 31.2 Å². The molecule has 0 aromatic heterocycles. The van der Waals surface area contributed by atoms with Crippen LogP contribution < -0.4 is 10.1 Å². The Kier molecular flexibility index (Phi) is 5.77. The topological polar surface area (TPSA) is 41.5 Å². The Hall–Kier alpha value is -1.62. The van der Waals surface area contributed by atoms with Crippen LogP contribution in [0.5, 0.6) is 5.75 Å². The lowest BCUT2D eigenvalue weighted by Gasteiger charge is -2.24. The molecule has 2 aromatic rings. The number of para-hydroxylation sites is 1. The number of hydrogen-bond acceptors (Lipinski definition) is 3. The first-order valence-corrected chi connectivity index (χ1v) is 7.39. The van der Waals surface area contributed by atoms with Crippen LogP contribution in [0.4, 0.5) is 4.39 Å². The van der Waals surface area contributed by atoms with E-state index >= 15 is 0 Å². The molecule has 2 atom stereocenters. The fourth-order valence-corrected chi connectivity index (χ4v) is 2.52. The Bertz CT molecular complexity index is 636. The van der Waals surface area contributed by atoms with Gasteiger partial charge in [0.1, 0.15) is 11.6 Å². The predicted octanol–water partition coefficient (Wildman–Crippen LogP) is 3.87. The van der Waals surface area contributed by atoms with Crippen LogP contribution in [0.3, 0.4) is 0 Å². The molecule has 0 bridgehead atoms. The minimum absolute atomic E-state index is 0.0678. The molecule has 5 heteroatoms. The summed E-state index contributed by atoms with van der Waals surface area (Å²) >= 11 is 5.70. The highest BCUT2D eigenvalue weighted by atomic mass is 35.5. The molecule has 0 saturated carbocycles. The van der Waals surface area contributed by atoms with Crippen LogP contribution in [0.1, 0.15) is 30.1 Å². The summed E-state index contributed by atoms with van der Waals surface area (Å²) in [6.45, 7) is 1.81. The lowest BCUT2D eigenvalue weighted by atomic mass is 10.0. The Morgan fingerprint density at radius 2 is 2.00 bits per heavy atom. The smallest absolute Gasteiger partial charge is 0.142 e. The first-order chi connectivity index (χ1) is 10.6. The normalized spacial score (nSPS) is 13.7. The Balaban J connectivity index is 2.20. The number of methoxy groups -OCH3 is 1. The maximum Gasteiger partial charge on any atom is 0.142 e. The van der Waals surface area contributed by atoms with Gasteiger partial charge in [-0.15, -0.1) is 0 Å². The monoisotopic (exact) mass is 323 g/mol. The number of aliphatic hydroxyl groups is 1. The maximum atomic E-state index is 13.6. The zero-order chi connectivity index (χ0) is 16.1. The van der Waals surface area contributed by atoms with Crippen molar-refractivity contribution in [1.29, 1.82) is 0 Å². The second-order valence-electron chi connectivity index (χ2n) is 5.04. The van der Waals surface area contributed by atoms with E-state index in [4.69, 9.17) is 16.3 Å². The zero-order valence-corrected chi connectivity index (χ0v) is 13.3. The molecule has 0 aliphatic rings. The van der Waals surface area contributed by atoms with Crippen LogP contribution >= 0.6 is 11.6 Å². The van der Waals surface area contributed by atoms with Gasteiger partial charge in [0.05, 0.1) is 24.8 Å². The zero-order valence-electron chi connectivity index (χ0n) is 12.5. The van der Waals surface area contributed by atoms with Gasteiger partial charge in [0, 0.05) is 11.6 Å². The van der Waals surface area contributed by atoms with Crippen molar-refractivity contribution in [3.05, 3.63) is 64.4 Å². The molecule has 0 radical (unpaired) electrons. The van der Waals surface area contributed by atoms with Gasteiger partial charge in [0.15, 0.2) is 0 Å². The van der Waals surface area contributed by atoms with Gasteiger partial charge in [-0.05, 0) is 30.7 Å². The molecule has 0 aliphatic carbocycles. The number of ether oxygens (including phenoxy) is 1. The molecule has 0 fully saturated rings. The number of halogens is 2. The number of nitrogens with one attached hydrogen (secondary N) is 1. The molecule has 0 saturated heterocycles. The summed E-state index contributed by atoms with van der Waals surface area (Å²) < 4.78 is 18.9. The first kappa shape index (κ1) is 16.7. The van der Waals surface area contributed by atoms with Crippen molar-refractivity contribution < 1.29 is 14.2 Å². The molecule has 0 spiro atoms. The third kappa shape index (κ3) is 3.77. The van der Waals surface area contributed by atoms with E-state index in [2.05, 4.69) is 5.32 Å². The van der Waals surface area contributed by atoms with Gasteiger partial charge in [-0.1, -0.05) is 35.9 Å². The predicted molar refractivity (Wildman–Crippen MR) is 85.8 cm³/mol. The van der Waals surface area contributed by atoms with Crippen molar-refractivity contribution in [1.82, 2.24) is 5.32 Å². The third-order valence-electron chi connectivity index (χ3n) is 3.59. The van der Waals surface area contributed by atoms with Crippen LogP contribution in [-0.2, 0) is 0 Å². The molecule has 0 aliphatic heterocycles. The van der Waals surface area contributed by atoms with Crippen LogP contribution in [0.2, 0.25) is 5.02 Å². The van der Waals surface area contributed by atoms with E-state index in [0.29, 0.717) is 5.56 Å². The SMILES string of the molecule is COc1ccccc1C(C)NC(CO)c1ccc(Cl)c(F)c1. The number of rotatable bonds is 6. The summed E-state index contributed by atoms with van der Waals surface area (Å²) in [4.78, 5) is 0. The summed E-state index contributed by atoms with van der Waals surface area (Å²) in [5.74, 6) is 0.269. The van der Waals surface area contributed by atoms with Crippen molar-refractivity contribution in [3.63, 3.8) is 0 Å². The fraction of sp³-hybridized carbons (Fsp3) is 0.294. The van der Waals surface area contributed by atoms with Gasteiger partial charge in [-0.2, -0.15) is 0 Å². The highest BCUT2D eigenvalue weighted by Crippen LogP contribution is 2.27. The molecule has 2 unspecified atom stereocenters. The third-order valence-corrected chi connectivity index (χ3v) is 3.89. The number of hydrogen-bond donors (Lipinski definition) is 2. The van der Waals surface area contributed by atoms with E-state index in [-0.39, 0.29) is 17.7 Å². The maximum absolute atomic E-state index is 13.6. The summed E-state index contributed by atoms with van der Waals surface area (Å²) in [6, 6.07) is 11.7. The highest BCUT2D eigenvalue weighted by molar-refractivity contribution is 6.30. The quantitative estimate of drug-likeness (QED) is 0.848. The molecule has 2 N–H and O–H groups in total. The summed E-state index contributed by atoms with van der Waals surface area (Å²) in [6.07, 6.45) is 0. The fourth-order valence-electron chi connectivity index (χ4n) is 2.40. The molecule has 2 aromatic carbocycles. The van der Waals surface area contributed by atoms with E-state index < -0.39 is 11.9 Å².